The first-order chi connectivity index (χ1) is 12.1. The Bertz CT molecular complexity index is 915. The highest BCUT2D eigenvalue weighted by Crippen LogP contribution is 2.35. The molecule has 2 aromatic carbocycles. The maximum atomic E-state index is 6.35. The highest BCUT2D eigenvalue weighted by molar-refractivity contribution is 9.10. The summed E-state index contributed by atoms with van der Waals surface area (Å²) in [6.45, 7) is 2.99. The number of hydrogen-bond donors (Lipinski definition) is 1. The fourth-order valence-electron chi connectivity index (χ4n) is 3.24. The van der Waals surface area contributed by atoms with Crippen LogP contribution in [0.25, 0.3) is 16.9 Å². The molecule has 0 atom stereocenters. The van der Waals surface area contributed by atoms with Crippen molar-refractivity contribution in [1.82, 2.24) is 9.78 Å². The predicted octanol–water partition coefficient (Wildman–Crippen LogP) is 6.01. The molecule has 0 unspecified atom stereocenters. The lowest BCUT2D eigenvalue weighted by Gasteiger charge is -2.10. The van der Waals surface area contributed by atoms with E-state index in [0.29, 0.717) is 0 Å². The van der Waals surface area contributed by atoms with E-state index in [2.05, 4.69) is 51.6 Å². The molecule has 0 saturated carbocycles. The SMILES string of the molecule is Cc1ccc(-n2nc(-c3ccc(Br)cc3)c3c2NCCCC3)cc1Cl. The van der Waals surface area contributed by atoms with Crippen molar-refractivity contribution in [2.45, 2.75) is 26.2 Å². The molecule has 0 fully saturated rings. The summed E-state index contributed by atoms with van der Waals surface area (Å²) < 4.78 is 3.08. The van der Waals surface area contributed by atoms with E-state index < -0.39 is 0 Å². The summed E-state index contributed by atoms with van der Waals surface area (Å²) >= 11 is 9.86. The standard InChI is InChI=1S/C20H19BrClN3/c1-13-5-10-16(12-18(13)22)25-20-17(4-2-3-11-23-20)19(24-25)14-6-8-15(21)9-7-14/h5-10,12,23H,2-4,11H2,1H3. The predicted molar refractivity (Wildman–Crippen MR) is 108 cm³/mol. The molecular formula is C20H19BrClN3. The van der Waals surface area contributed by atoms with Gasteiger partial charge in [0.05, 0.1) is 11.4 Å². The van der Waals surface area contributed by atoms with Crippen LogP contribution in [0, 0.1) is 6.92 Å². The van der Waals surface area contributed by atoms with Crippen LogP contribution in [-0.4, -0.2) is 16.3 Å². The maximum Gasteiger partial charge on any atom is 0.133 e. The van der Waals surface area contributed by atoms with Gasteiger partial charge in [0.25, 0.3) is 0 Å². The van der Waals surface area contributed by atoms with E-state index in [0.717, 1.165) is 50.8 Å². The molecule has 1 aromatic heterocycles. The Labute approximate surface area is 161 Å². The van der Waals surface area contributed by atoms with Gasteiger partial charge in [0.1, 0.15) is 5.82 Å². The third-order valence-corrected chi connectivity index (χ3v) is 5.58. The lowest BCUT2D eigenvalue weighted by Crippen LogP contribution is -2.07. The molecule has 25 heavy (non-hydrogen) atoms. The summed E-state index contributed by atoms with van der Waals surface area (Å²) in [6.07, 6.45) is 3.38. The molecule has 2 heterocycles. The number of hydrogen-bond acceptors (Lipinski definition) is 2. The average molecular weight is 417 g/mol. The van der Waals surface area contributed by atoms with Gasteiger partial charge in [0, 0.05) is 27.2 Å². The van der Waals surface area contributed by atoms with E-state index in [-0.39, 0.29) is 0 Å². The van der Waals surface area contributed by atoms with Gasteiger partial charge in [-0.1, -0.05) is 45.7 Å². The van der Waals surface area contributed by atoms with Gasteiger partial charge in [-0.25, -0.2) is 4.68 Å². The van der Waals surface area contributed by atoms with Crippen LogP contribution in [0.2, 0.25) is 5.02 Å². The summed E-state index contributed by atoms with van der Waals surface area (Å²) in [4.78, 5) is 0. The molecule has 1 N–H and O–H groups in total. The Hall–Kier alpha value is -1.78. The van der Waals surface area contributed by atoms with Crippen molar-refractivity contribution >= 4 is 33.3 Å². The van der Waals surface area contributed by atoms with Gasteiger partial charge in [-0.3, -0.25) is 0 Å². The van der Waals surface area contributed by atoms with Crippen molar-refractivity contribution in [3.63, 3.8) is 0 Å². The summed E-state index contributed by atoms with van der Waals surface area (Å²) in [6, 6.07) is 14.5. The second-order valence-corrected chi connectivity index (χ2v) is 7.73. The van der Waals surface area contributed by atoms with Crippen LogP contribution in [0.15, 0.2) is 46.9 Å². The van der Waals surface area contributed by atoms with Gasteiger partial charge < -0.3 is 5.32 Å². The molecule has 128 valence electrons. The first-order valence-corrected chi connectivity index (χ1v) is 9.69. The van der Waals surface area contributed by atoms with Crippen LogP contribution in [-0.2, 0) is 6.42 Å². The second kappa shape index (κ2) is 6.85. The molecule has 4 rings (SSSR count). The molecule has 3 nitrogen and oxygen atoms in total. The number of nitrogens with zero attached hydrogens (tertiary/aromatic N) is 2. The zero-order valence-electron chi connectivity index (χ0n) is 14.0. The number of rotatable bonds is 2. The van der Waals surface area contributed by atoms with E-state index >= 15 is 0 Å². The van der Waals surface area contributed by atoms with Crippen LogP contribution in [0.3, 0.4) is 0 Å². The zero-order chi connectivity index (χ0) is 17.4. The molecule has 0 spiro atoms. The van der Waals surface area contributed by atoms with Crippen molar-refractivity contribution in [1.29, 1.82) is 0 Å². The fourth-order valence-corrected chi connectivity index (χ4v) is 3.68. The molecule has 0 bridgehead atoms. The fraction of sp³-hybridized carbons (Fsp3) is 0.250. The monoisotopic (exact) mass is 415 g/mol. The molecule has 0 aliphatic carbocycles. The van der Waals surface area contributed by atoms with Crippen LogP contribution in [0.4, 0.5) is 5.82 Å². The molecular weight excluding hydrogens is 398 g/mol. The maximum absolute atomic E-state index is 6.35. The number of aryl methyl sites for hydroxylation is 1. The number of fused-ring (bicyclic) bond motifs is 1. The van der Waals surface area contributed by atoms with E-state index in [1.165, 1.54) is 18.4 Å². The van der Waals surface area contributed by atoms with Gasteiger partial charge in [-0.05, 0) is 56.0 Å². The normalized spacial score (nSPS) is 13.9. The summed E-state index contributed by atoms with van der Waals surface area (Å²) in [5.74, 6) is 1.09. The van der Waals surface area contributed by atoms with E-state index in [1.807, 2.05) is 23.7 Å². The Morgan fingerprint density at radius 3 is 2.68 bits per heavy atom. The molecule has 0 radical (unpaired) electrons. The molecule has 0 saturated heterocycles. The highest BCUT2D eigenvalue weighted by atomic mass is 79.9. The number of nitrogens with one attached hydrogen (secondary N) is 1. The van der Waals surface area contributed by atoms with Crippen molar-refractivity contribution < 1.29 is 0 Å². The summed E-state index contributed by atoms with van der Waals surface area (Å²) in [5.41, 5.74) is 5.54. The largest absolute Gasteiger partial charge is 0.370 e. The third-order valence-electron chi connectivity index (χ3n) is 4.65. The van der Waals surface area contributed by atoms with Gasteiger partial charge in [-0.2, -0.15) is 5.10 Å². The second-order valence-electron chi connectivity index (χ2n) is 6.41. The van der Waals surface area contributed by atoms with Gasteiger partial charge >= 0.3 is 0 Å². The topological polar surface area (TPSA) is 29.9 Å². The van der Waals surface area contributed by atoms with Crippen molar-refractivity contribution in [2.75, 3.05) is 11.9 Å². The molecule has 1 aliphatic rings. The van der Waals surface area contributed by atoms with Crippen molar-refractivity contribution in [3.05, 3.63) is 63.1 Å². The molecule has 3 aromatic rings. The molecule has 5 heteroatoms. The average Bonchev–Trinajstić information content (AvgIpc) is 2.80. The Morgan fingerprint density at radius 1 is 1.12 bits per heavy atom. The first kappa shape index (κ1) is 16.7. The molecule has 0 amide bonds. The van der Waals surface area contributed by atoms with Crippen LogP contribution in [0.5, 0.6) is 0 Å². The van der Waals surface area contributed by atoms with Gasteiger partial charge in [-0.15, -0.1) is 0 Å². The Kier molecular flexibility index (Phi) is 4.57. The van der Waals surface area contributed by atoms with Gasteiger partial charge in [0.2, 0.25) is 0 Å². The quantitative estimate of drug-likeness (QED) is 0.554. The smallest absolute Gasteiger partial charge is 0.133 e. The lowest BCUT2D eigenvalue weighted by atomic mass is 10.0. The van der Waals surface area contributed by atoms with Crippen molar-refractivity contribution in [3.8, 4) is 16.9 Å². The van der Waals surface area contributed by atoms with E-state index in [4.69, 9.17) is 16.7 Å². The van der Waals surface area contributed by atoms with E-state index in [9.17, 15) is 0 Å². The van der Waals surface area contributed by atoms with Crippen molar-refractivity contribution in [2.24, 2.45) is 0 Å². The summed E-state index contributed by atoms with van der Waals surface area (Å²) in [5, 5.41) is 9.29. The summed E-state index contributed by atoms with van der Waals surface area (Å²) in [7, 11) is 0. The number of anilines is 1. The Morgan fingerprint density at radius 2 is 1.92 bits per heavy atom. The molecule has 1 aliphatic heterocycles. The van der Waals surface area contributed by atoms with Gasteiger partial charge in [0.15, 0.2) is 0 Å². The lowest BCUT2D eigenvalue weighted by molar-refractivity contribution is 0.780. The van der Waals surface area contributed by atoms with Crippen LogP contribution >= 0.6 is 27.5 Å². The number of benzene rings is 2. The van der Waals surface area contributed by atoms with Crippen LogP contribution in [0.1, 0.15) is 24.0 Å². The third kappa shape index (κ3) is 3.21. The zero-order valence-corrected chi connectivity index (χ0v) is 16.4. The number of aromatic nitrogens is 2. The first-order valence-electron chi connectivity index (χ1n) is 8.52. The Balaban J connectivity index is 1.89. The van der Waals surface area contributed by atoms with E-state index in [1.54, 1.807) is 0 Å². The minimum absolute atomic E-state index is 0.764. The van der Waals surface area contributed by atoms with Crippen LogP contribution < -0.4 is 5.32 Å². The minimum Gasteiger partial charge on any atom is -0.370 e. The number of halogens is 2. The minimum atomic E-state index is 0.764. The highest BCUT2D eigenvalue weighted by Gasteiger charge is 2.21.